The summed E-state index contributed by atoms with van der Waals surface area (Å²) in [6.07, 6.45) is 5.08. The van der Waals surface area contributed by atoms with Crippen LogP contribution in [0.4, 0.5) is 0 Å². The Morgan fingerprint density at radius 3 is 1.60 bits per heavy atom. The minimum absolute atomic E-state index is 0.730. The number of hydrogen-bond acceptors (Lipinski definition) is 3. The zero-order valence-electron chi connectivity index (χ0n) is 15.0. The molecule has 0 unspecified atom stereocenters. The molecule has 0 saturated heterocycles. The van der Waals surface area contributed by atoms with Gasteiger partial charge in [-0.15, -0.1) is 0 Å². The monoisotopic (exact) mass is 317 g/mol. The van der Waals surface area contributed by atoms with Crippen molar-refractivity contribution in [2.75, 3.05) is 13.1 Å². The fourth-order valence-electron chi connectivity index (χ4n) is 2.56. The lowest BCUT2D eigenvalue weighted by atomic mass is 10.3. The second-order valence-electron chi connectivity index (χ2n) is 7.44. The van der Waals surface area contributed by atoms with Gasteiger partial charge in [-0.1, -0.05) is 60.2 Å². The molecule has 0 spiro atoms. The molecule has 20 heavy (non-hydrogen) atoms. The van der Waals surface area contributed by atoms with Gasteiger partial charge in [0.2, 0.25) is 0 Å². The van der Waals surface area contributed by atoms with E-state index in [9.17, 15) is 0 Å². The summed E-state index contributed by atoms with van der Waals surface area (Å²) >= 11 is 0. The molecule has 0 aromatic rings. The molecule has 0 aliphatic heterocycles. The molecule has 3 nitrogen and oxygen atoms in total. The third kappa shape index (κ3) is 10.1. The summed E-state index contributed by atoms with van der Waals surface area (Å²) in [4.78, 5) is 7.86. The van der Waals surface area contributed by atoms with Gasteiger partial charge in [-0.25, -0.2) is 0 Å². The molecular weight excluding hydrogens is 278 g/mol. The highest BCUT2D eigenvalue weighted by atomic mass is 28.4. The van der Waals surface area contributed by atoms with Crippen molar-refractivity contribution in [3.8, 4) is 0 Å². The molecule has 0 rings (SSSR count). The quantitative estimate of drug-likeness (QED) is 0.379. The summed E-state index contributed by atoms with van der Waals surface area (Å²) in [6, 6.07) is 1.27. The Labute approximate surface area is 130 Å². The highest BCUT2D eigenvalue weighted by Crippen LogP contribution is 2.13. The molecule has 0 amide bonds. The first-order valence-corrected chi connectivity index (χ1v) is 14.2. The van der Waals surface area contributed by atoms with E-state index in [0.29, 0.717) is 0 Å². The molecule has 0 fully saturated rings. The molecule has 0 aromatic carbocycles. The summed E-state index contributed by atoms with van der Waals surface area (Å²) in [5.41, 5.74) is 0. The maximum atomic E-state index is 4.07. The topological polar surface area (TPSA) is 36.1 Å². The van der Waals surface area contributed by atoms with Crippen molar-refractivity contribution in [1.29, 1.82) is 0 Å². The van der Waals surface area contributed by atoms with Crippen LogP contribution in [-0.4, -0.2) is 29.9 Å². The third-order valence-corrected chi connectivity index (χ3v) is 11.1. The maximum absolute atomic E-state index is 4.07. The molecule has 122 valence electrons. The number of rotatable bonds is 12. The van der Waals surface area contributed by atoms with E-state index in [-0.39, 0.29) is 0 Å². The van der Waals surface area contributed by atoms with Gasteiger partial charge >= 0.3 is 0 Å². The van der Waals surface area contributed by atoms with Gasteiger partial charge in [0.15, 0.2) is 0 Å². The van der Waals surface area contributed by atoms with Crippen LogP contribution in [0, 0.1) is 5.92 Å². The Kier molecular flexibility index (Phi) is 10.3. The van der Waals surface area contributed by atoms with Gasteiger partial charge in [-0.3, -0.25) is 0 Å². The largest absolute Gasteiger partial charge is 0.335 e. The summed E-state index contributed by atoms with van der Waals surface area (Å²) < 4.78 is 4.07. The predicted molar refractivity (Wildman–Crippen MR) is 97.7 cm³/mol. The second-order valence-corrected chi connectivity index (χ2v) is 15.9. The number of unbranched alkanes of at least 4 members (excludes halogenated alkanes) is 2. The van der Waals surface area contributed by atoms with Gasteiger partial charge in [0.05, 0.1) is 0 Å². The number of nitrogens with one attached hydrogen (secondary N) is 3. The number of hydrogen-bond donors (Lipinski definition) is 3. The average molecular weight is 318 g/mol. The molecule has 0 aliphatic carbocycles. The van der Waals surface area contributed by atoms with E-state index < -0.39 is 16.8 Å². The van der Waals surface area contributed by atoms with Crippen LogP contribution in [0.25, 0.3) is 0 Å². The van der Waals surface area contributed by atoms with Gasteiger partial charge in [-0.05, 0) is 37.9 Å². The average Bonchev–Trinajstić information content (AvgIpc) is 2.26. The van der Waals surface area contributed by atoms with E-state index in [1.165, 1.54) is 31.7 Å². The molecule has 0 bridgehead atoms. The Balaban J connectivity index is 4.85. The molecule has 3 N–H and O–H groups in total. The van der Waals surface area contributed by atoms with Crippen molar-refractivity contribution in [2.24, 2.45) is 5.92 Å². The van der Waals surface area contributed by atoms with Crippen LogP contribution in [0.3, 0.4) is 0 Å². The highest BCUT2D eigenvalue weighted by molar-refractivity contribution is 6.89. The van der Waals surface area contributed by atoms with E-state index in [4.69, 9.17) is 0 Å². The van der Waals surface area contributed by atoms with Crippen LogP contribution >= 0.6 is 0 Å². The first-order valence-electron chi connectivity index (χ1n) is 8.54. The molecule has 0 saturated carbocycles. The molecule has 0 radical (unpaired) electrons. The lowest BCUT2D eigenvalue weighted by Gasteiger charge is -2.40. The first-order chi connectivity index (χ1) is 9.24. The van der Waals surface area contributed by atoms with E-state index >= 15 is 0 Å². The van der Waals surface area contributed by atoms with Crippen LogP contribution < -0.4 is 14.6 Å². The van der Waals surface area contributed by atoms with Crippen LogP contribution in [0.1, 0.15) is 53.4 Å². The smallest absolute Gasteiger partial charge is 0.274 e. The highest BCUT2D eigenvalue weighted by Gasteiger charge is 2.37. The lowest BCUT2D eigenvalue weighted by Crippen LogP contribution is -2.77. The van der Waals surface area contributed by atoms with E-state index in [1.54, 1.807) is 0 Å². The zero-order valence-corrected chi connectivity index (χ0v) is 17.0. The van der Waals surface area contributed by atoms with Crippen LogP contribution in [0.2, 0.25) is 25.7 Å². The summed E-state index contributed by atoms with van der Waals surface area (Å²) in [6.45, 7) is 18.8. The van der Waals surface area contributed by atoms with Crippen LogP contribution in [-0.2, 0) is 0 Å². The molecule has 0 atom stereocenters. The summed E-state index contributed by atoms with van der Waals surface area (Å²) in [5, 5.41) is 0. The predicted octanol–water partition coefficient (Wildman–Crippen LogP) is 3.79. The Bertz CT molecular complexity index is 230. The normalized spacial score (nSPS) is 13.2. The minimum Gasteiger partial charge on any atom is -0.335 e. The van der Waals surface area contributed by atoms with E-state index in [1.807, 2.05) is 0 Å². The van der Waals surface area contributed by atoms with Gasteiger partial charge in [-0.2, -0.15) is 0 Å². The zero-order chi connectivity index (χ0) is 15.6. The molecule has 0 aromatic heterocycles. The van der Waals surface area contributed by atoms with E-state index in [2.05, 4.69) is 61.9 Å². The molecule has 5 heteroatoms. The standard InChI is InChI=1S/C15H39N3Si2/c1-8-10-12-16-20(14-15(3)4,17-13-11-9-2)18-19(5,6)7/h15-18H,8-14H2,1-7H3. The van der Waals surface area contributed by atoms with Crippen LogP contribution in [0.15, 0.2) is 0 Å². The van der Waals surface area contributed by atoms with Crippen molar-refractivity contribution in [2.45, 2.75) is 79.1 Å². The van der Waals surface area contributed by atoms with Crippen molar-refractivity contribution in [3.63, 3.8) is 0 Å². The van der Waals surface area contributed by atoms with Gasteiger partial charge in [0, 0.05) is 0 Å². The van der Waals surface area contributed by atoms with Gasteiger partial charge in [0.25, 0.3) is 8.56 Å². The van der Waals surface area contributed by atoms with Crippen molar-refractivity contribution in [1.82, 2.24) is 14.6 Å². The van der Waals surface area contributed by atoms with Gasteiger partial charge in [0.1, 0.15) is 8.24 Å². The van der Waals surface area contributed by atoms with E-state index in [0.717, 1.165) is 19.0 Å². The molecule has 0 heterocycles. The molecular formula is C15H39N3Si2. The lowest BCUT2D eigenvalue weighted by molar-refractivity contribution is 0.641. The summed E-state index contributed by atoms with van der Waals surface area (Å²) in [5.74, 6) is 0.730. The summed E-state index contributed by atoms with van der Waals surface area (Å²) in [7, 11) is -3.05. The Morgan fingerprint density at radius 1 is 0.850 bits per heavy atom. The second kappa shape index (κ2) is 10.1. The third-order valence-electron chi connectivity index (χ3n) is 3.22. The Hall–Kier alpha value is 0.314. The molecule has 0 aliphatic rings. The van der Waals surface area contributed by atoms with Crippen molar-refractivity contribution >= 4 is 16.8 Å². The maximum Gasteiger partial charge on any atom is 0.274 e. The van der Waals surface area contributed by atoms with Crippen molar-refractivity contribution < 1.29 is 0 Å². The first kappa shape index (κ1) is 20.3. The van der Waals surface area contributed by atoms with Gasteiger partial charge < -0.3 is 14.6 Å². The van der Waals surface area contributed by atoms with Crippen molar-refractivity contribution in [3.05, 3.63) is 0 Å². The Morgan fingerprint density at radius 2 is 1.30 bits per heavy atom. The van der Waals surface area contributed by atoms with Crippen LogP contribution in [0.5, 0.6) is 0 Å². The minimum atomic E-state index is -1.76. The SMILES string of the molecule is CCCCN[Si](CC(C)C)(NCCCC)N[Si](C)(C)C. The fraction of sp³-hybridized carbons (Fsp3) is 1.00. The fourth-order valence-corrected chi connectivity index (χ4v) is 11.6.